The number of halogens is 1. The number of nitrogens with zero attached hydrogens (tertiary/aromatic N) is 2. The molecule has 0 aliphatic rings. The van der Waals surface area contributed by atoms with Crippen LogP contribution in [0.3, 0.4) is 0 Å². The minimum absolute atomic E-state index is 0.233. The van der Waals surface area contributed by atoms with Gasteiger partial charge in [0.1, 0.15) is 16.6 Å². The van der Waals surface area contributed by atoms with Crippen molar-refractivity contribution in [3.8, 4) is 10.4 Å². The Morgan fingerprint density at radius 3 is 2.60 bits per heavy atom. The monoisotopic (exact) mass is 492 g/mol. The van der Waals surface area contributed by atoms with E-state index < -0.39 is 17.3 Å². The molecule has 0 bridgehead atoms. The first kappa shape index (κ1) is 24.5. The van der Waals surface area contributed by atoms with E-state index in [1.165, 1.54) is 17.4 Å². The number of ether oxygens (including phenoxy) is 1. The fourth-order valence-electron chi connectivity index (χ4n) is 3.39. The fraction of sp³-hybridized carbons (Fsp3) is 0.192. The van der Waals surface area contributed by atoms with Crippen molar-refractivity contribution in [2.45, 2.75) is 32.7 Å². The second-order valence-electron chi connectivity index (χ2n) is 8.46. The Kier molecular flexibility index (Phi) is 7.20. The van der Waals surface area contributed by atoms with Gasteiger partial charge in [-0.05, 0) is 61.4 Å². The molecule has 0 fully saturated rings. The van der Waals surface area contributed by atoms with Crippen molar-refractivity contribution in [2.24, 2.45) is 5.73 Å². The average Bonchev–Trinajstić information content (AvgIpc) is 3.23. The molecular weight excluding hydrogens is 467 g/mol. The Bertz CT molecular complexity index is 1340. The van der Waals surface area contributed by atoms with E-state index in [1.54, 1.807) is 50.5 Å². The van der Waals surface area contributed by atoms with Crippen LogP contribution in [-0.4, -0.2) is 21.0 Å². The average molecular weight is 493 g/mol. The zero-order valence-corrected chi connectivity index (χ0v) is 20.1. The highest BCUT2D eigenvalue weighted by molar-refractivity contribution is 7.19. The number of aliphatic hydroxyl groups is 1. The van der Waals surface area contributed by atoms with Gasteiger partial charge in [-0.2, -0.15) is 0 Å². The van der Waals surface area contributed by atoms with Crippen LogP contribution in [0.25, 0.3) is 10.4 Å². The molecule has 4 rings (SSSR count). The quantitative estimate of drug-likeness (QED) is 0.299. The molecule has 3 aromatic heterocycles. The van der Waals surface area contributed by atoms with E-state index in [0.29, 0.717) is 45.7 Å². The lowest BCUT2D eigenvalue weighted by Crippen LogP contribution is -2.15. The maximum absolute atomic E-state index is 14.9. The number of amides is 1. The van der Waals surface area contributed by atoms with Crippen LogP contribution in [0, 0.1) is 5.82 Å². The topological polar surface area (TPSA) is 110 Å². The highest BCUT2D eigenvalue weighted by Gasteiger charge is 2.21. The second kappa shape index (κ2) is 10.3. The lowest BCUT2D eigenvalue weighted by molar-refractivity contribution is 0.0782. The molecule has 3 heterocycles. The third-order valence-electron chi connectivity index (χ3n) is 5.25. The summed E-state index contributed by atoms with van der Waals surface area (Å²) in [6.07, 6.45) is 3.42. The molecule has 0 radical (unpaired) electrons. The summed E-state index contributed by atoms with van der Waals surface area (Å²) < 4.78 is 20.6. The van der Waals surface area contributed by atoms with Crippen LogP contribution in [0.4, 0.5) is 15.2 Å². The van der Waals surface area contributed by atoms with Crippen LogP contribution in [0.1, 0.15) is 41.0 Å². The summed E-state index contributed by atoms with van der Waals surface area (Å²) in [6.45, 7) is 3.91. The molecule has 0 unspecified atom stereocenters. The minimum Gasteiger partial charge on any atom is -0.386 e. The van der Waals surface area contributed by atoms with Crippen molar-refractivity contribution in [1.29, 1.82) is 0 Å². The van der Waals surface area contributed by atoms with E-state index in [9.17, 15) is 14.3 Å². The molecule has 35 heavy (non-hydrogen) atoms. The summed E-state index contributed by atoms with van der Waals surface area (Å²) in [5, 5.41) is 13.7. The number of hydrogen-bond donors (Lipinski definition) is 3. The van der Waals surface area contributed by atoms with Crippen LogP contribution in [-0.2, 0) is 23.6 Å². The molecule has 0 saturated heterocycles. The summed E-state index contributed by atoms with van der Waals surface area (Å²) in [4.78, 5) is 21.1. The highest BCUT2D eigenvalue weighted by atomic mass is 32.1. The number of nitrogens with two attached hydrogens (primary N) is 1. The van der Waals surface area contributed by atoms with E-state index in [1.807, 2.05) is 24.3 Å². The Morgan fingerprint density at radius 2 is 1.91 bits per heavy atom. The van der Waals surface area contributed by atoms with Crippen LogP contribution in [0.15, 0.2) is 67.0 Å². The predicted octanol–water partition coefficient (Wildman–Crippen LogP) is 5.13. The number of pyridine rings is 2. The Labute approximate surface area is 206 Å². The first-order chi connectivity index (χ1) is 16.7. The minimum atomic E-state index is -1.17. The fourth-order valence-corrected chi connectivity index (χ4v) is 4.49. The standard InChI is InChI=1S/C26H25FN4O3S/c1-26(2,33)17-6-7-19(21(27)12-17)22-13-20(24(28)32)25(35-22)31-23-5-3-4-18(30-23)15-34-14-16-8-10-29-11-9-16/h3-13,33H,14-15H2,1-2H3,(H2,28,32)(H,30,31). The summed E-state index contributed by atoms with van der Waals surface area (Å²) in [6, 6.07) is 15.3. The maximum atomic E-state index is 14.9. The smallest absolute Gasteiger partial charge is 0.251 e. The third-order valence-corrected chi connectivity index (χ3v) is 6.34. The summed E-state index contributed by atoms with van der Waals surface area (Å²) >= 11 is 1.19. The van der Waals surface area contributed by atoms with Crippen LogP contribution >= 0.6 is 11.3 Å². The molecule has 0 saturated carbocycles. The van der Waals surface area contributed by atoms with E-state index in [-0.39, 0.29) is 5.56 Å². The van der Waals surface area contributed by atoms with Gasteiger partial charge in [-0.3, -0.25) is 9.78 Å². The summed E-state index contributed by atoms with van der Waals surface area (Å²) in [7, 11) is 0. The molecular formula is C26H25FN4O3S. The van der Waals surface area contributed by atoms with E-state index in [2.05, 4.69) is 15.3 Å². The van der Waals surface area contributed by atoms with Crippen molar-refractivity contribution in [3.05, 3.63) is 95.2 Å². The molecule has 9 heteroatoms. The molecule has 7 nitrogen and oxygen atoms in total. The van der Waals surface area contributed by atoms with Gasteiger partial charge in [-0.15, -0.1) is 11.3 Å². The van der Waals surface area contributed by atoms with Crippen molar-refractivity contribution in [1.82, 2.24) is 9.97 Å². The van der Waals surface area contributed by atoms with Crippen LogP contribution in [0.2, 0.25) is 0 Å². The summed E-state index contributed by atoms with van der Waals surface area (Å²) in [5.74, 6) is -0.635. The first-order valence-electron chi connectivity index (χ1n) is 10.9. The SMILES string of the molecule is CC(C)(O)c1ccc(-c2cc(C(N)=O)c(Nc3cccc(COCc4ccncc4)n3)s2)c(F)c1. The maximum Gasteiger partial charge on any atom is 0.251 e. The molecule has 0 spiro atoms. The normalized spacial score (nSPS) is 11.4. The molecule has 180 valence electrons. The number of rotatable bonds is 9. The van der Waals surface area contributed by atoms with E-state index >= 15 is 0 Å². The number of carbonyl (C=O) groups excluding carboxylic acids is 1. The summed E-state index contributed by atoms with van der Waals surface area (Å²) in [5.41, 5.74) is 7.13. The zero-order valence-electron chi connectivity index (χ0n) is 19.3. The second-order valence-corrected chi connectivity index (χ2v) is 9.51. The molecule has 0 aliphatic heterocycles. The number of aromatic nitrogens is 2. The van der Waals surface area contributed by atoms with Gasteiger partial charge in [0.15, 0.2) is 0 Å². The van der Waals surface area contributed by atoms with Crippen molar-refractivity contribution in [2.75, 3.05) is 5.32 Å². The van der Waals surface area contributed by atoms with Gasteiger partial charge in [0.05, 0.1) is 30.1 Å². The molecule has 1 aromatic carbocycles. The predicted molar refractivity (Wildman–Crippen MR) is 134 cm³/mol. The van der Waals surface area contributed by atoms with E-state index in [4.69, 9.17) is 10.5 Å². The largest absolute Gasteiger partial charge is 0.386 e. The molecule has 1 amide bonds. The molecule has 4 N–H and O–H groups in total. The Morgan fingerprint density at radius 1 is 1.14 bits per heavy atom. The molecule has 0 aliphatic carbocycles. The lowest BCUT2D eigenvalue weighted by atomic mass is 9.96. The molecule has 0 atom stereocenters. The first-order valence-corrected chi connectivity index (χ1v) is 11.7. The third kappa shape index (κ3) is 6.07. The van der Waals surface area contributed by atoms with Crippen molar-refractivity contribution < 1.29 is 19.0 Å². The highest BCUT2D eigenvalue weighted by Crippen LogP contribution is 2.38. The van der Waals surface area contributed by atoms with Gasteiger partial charge in [-0.25, -0.2) is 9.37 Å². The van der Waals surface area contributed by atoms with Gasteiger partial charge >= 0.3 is 0 Å². The number of anilines is 2. The Balaban J connectivity index is 1.53. The van der Waals surface area contributed by atoms with Crippen molar-refractivity contribution in [3.63, 3.8) is 0 Å². The molecule has 4 aromatic rings. The van der Waals surface area contributed by atoms with Crippen LogP contribution in [0.5, 0.6) is 0 Å². The Hall–Kier alpha value is -3.66. The van der Waals surface area contributed by atoms with Gasteiger partial charge in [0.25, 0.3) is 5.91 Å². The van der Waals surface area contributed by atoms with Gasteiger partial charge < -0.3 is 20.9 Å². The van der Waals surface area contributed by atoms with E-state index in [0.717, 1.165) is 5.56 Å². The van der Waals surface area contributed by atoms with Gasteiger partial charge in [0.2, 0.25) is 0 Å². The number of nitrogens with one attached hydrogen (secondary N) is 1. The lowest BCUT2D eigenvalue weighted by Gasteiger charge is -2.18. The number of hydrogen-bond acceptors (Lipinski definition) is 7. The zero-order chi connectivity index (χ0) is 25.0. The number of benzene rings is 1. The number of primary amides is 1. The van der Waals surface area contributed by atoms with Gasteiger partial charge in [-0.1, -0.05) is 18.2 Å². The van der Waals surface area contributed by atoms with Gasteiger partial charge in [0, 0.05) is 22.8 Å². The van der Waals surface area contributed by atoms with Crippen LogP contribution < -0.4 is 11.1 Å². The van der Waals surface area contributed by atoms with Crippen molar-refractivity contribution >= 4 is 28.1 Å². The number of thiophene rings is 1. The number of carbonyl (C=O) groups is 1.